The molecule has 2 spiro atoms. The second-order valence-electron chi connectivity index (χ2n) is 23.1. The van der Waals surface area contributed by atoms with Crippen LogP contribution < -0.4 is 10.4 Å². The molecular formula is C52H66O8. The third-order valence-corrected chi connectivity index (χ3v) is 21.0. The smallest absolute Gasteiger partial charge is 0.159 e. The van der Waals surface area contributed by atoms with Crippen LogP contribution in [0.1, 0.15) is 127 Å². The summed E-state index contributed by atoms with van der Waals surface area (Å²) in [5, 5.41) is 73.6. The first-order valence-corrected chi connectivity index (χ1v) is 23.4. The molecule has 4 bridgehead atoms. The fourth-order valence-corrected chi connectivity index (χ4v) is 19.3. The number of rotatable bonds is 5. The van der Waals surface area contributed by atoms with Crippen molar-refractivity contribution in [3.63, 3.8) is 0 Å². The Bertz CT molecular complexity index is 2290. The van der Waals surface area contributed by atoms with Gasteiger partial charge < -0.3 is 30.6 Å². The lowest BCUT2D eigenvalue weighted by Gasteiger charge is -2.77. The van der Waals surface area contributed by atoms with Crippen molar-refractivity contribution in [3.05, 3.63) is 69.7 Å². The van der Waals surface area contributed by atoms with E-state index < -0.39 is 63.5 Å². The summed E-state index contributed by atoms with van der Waals surface area (Å²) in [7, 11) is 0. The molecule has 1 aromatic carbocycles. The Labute approximate surface area is 354 Å². The zero-order valence-corrected chi connectivity index (χ0v) is 35.9. The lowest BCUT2D eigenvalue weighted by molar-refractivity contribution is -0.289. The van der Waals surface area contributed by atoms with Crippen LogP contribution in [0.5, 0.6) is 0 Å². The summed E-state index contributed by atoms with van der Waals surface area (Å²) < 4.78 is 0. The highest BCUT2D eigenvalue weighted by Gasteiger charge is 2.83. The maximum atomic E-state index is 16.3. The number of carbonyl (C=O) groups excluding carboxylic acids is 2. The van der Waals surface area contributed by atoms with E-state index in [9.17, 15) is 35.4 Å². The van der Waals surface area contributed by atoms with Crippen LogP contribution in [0.3, 0.4) is 0 Å². The van der Waals surface area contributed by atoms with Crippen LogP contribution in [0.4, 0.5) is 0 Å². The van der Waals surface area contributed by atoms with Crippen molar-refractivity contribution in [2.75, 3.05) is 13.2 Å². The number of allylic oxidation sites excluding steroid dienone is 5. The molecule has 11 aliphatic rings. The van der Waals surface area contributed by atoms with Crippen LogP contribution in [-0.2, 0) is 4.79 Å². The molecule has 0 unspecified atom stereocenters. The molecule has 322 valence electrons. The normalized spacial score (nSPS) is 50.6. The van der Waals surface area contributed by atoms with Gasteiger partial charge in [0.05, 0.1) is 37.1 Å². The number of carbonyl (C=O) groups is 2. The molecule has 6 N–H and O–H groups in total. The molecule has 0 saturated heterocycles. The molecule has 8 nitrogen and oxygen atoms in total. The molecule has 60 heavy (non-hydrogen) atoms. The minimum atomic E-state index is -1.30. The number of aldehydes is 1. The molecule has 0 amide bonds. The van der Waals surface area contributed by atoms with Gasteiger partial charge in [0.25, 0.3) is 0 Å². The quantitative estimate of drug-likeness (QED) is 0.174. The maximum absolute atomic E-state index is 16.3. The van der Waals surface area contributed by atoms with Gasteiger partial charge in [-0.3, -0.25) is 9.59 Å². The van der Waals surface area contributed by atoms with Crippen molar-refractivity contribution in [1.29, 1.82) is 0 Å². The van der Waals surface area contributed by atoms with E-state index in [1.54, 1.807) is 13.0 Å². The van der Waals surface area contributed by atoms with Gasteiger partial charge in [-0.15, -0.1) is 0 Å². The SMILES string of the molecule is C[C@@H](O)c1cc(C=O)c2c(c1)=C[C@@H]1[C@@H](C=2)CC[C@@]23CC[C@@H]4[C@@]5([C@H](O)CO)CC=C[C@H](C[C@@H]5O)[C@@]14[C@H]2C(=O)C=C1[C@H]2CC(C)(C)C[C@]45CCC[C@H]4C=C[C@](O)(C[C@]13C)[C@]25CO. The van der Waals surface area contributed by atoms with Gasteiger partial charge in [-0.05, 0) is 174 Å². The molecule has 6 saturated carbocycles. The fourth-order valence-electron chi connectivity index (χ4n) is 19.3. The van der Waals surface area contributed by atoms with Crippen LogP contribution >= 0.6 is 0 Å². The number of ketones is 1. The van der Waals surface area contributed by atoms with E-state index in [4.69, 9.17) is 0 Å². The highest BCUT2D eigenvalue weighted by molar-refractivity contribution is 5.96. The van der Waals surface area contributed by atoms with Crippen molar-refractivity contribution in [3.8, 4) is 0 Å². The minimum absolute atomic E-state index is 0.0707. The van der Waals surface area contributed by atoms with E-state index >= 15 is 4.79 Å². The molecule has 12 rings (SSSR count). The van der Waals surface area contributed by atoms with Crippen molar-refractivity contribution < 1.29 is 40.2 Å². The van der Waals surface area contributed by atoms with Crippen molar-refractivity contribution >= 4 is 24.2 Å². The average molecular weight is 819 g/mol. The van der Waals surface area contributed by atoms with Crippen LogP contribution in [0.15, 0.2) is 48.1 Å². The van der Waals surface area contributed by atoms with E-state index in [1.165, 1.54) is 0 Å². The van der Waals surface area contributed by atoms with Crippen LogP contribution in [-0.4, -0.2) is 73.7 Å². The van der Waals surface area contributed by atoms with E-state index in [-0.39, 0.29) is 58.7 Å². The second kappa shape index (κ2) is 12.5. The second-order valence-corrected chi connectivity index (χ2v) is 23.1. The van der Waals surface area contributed by atoms with Crippen LogP contribution in [0, 0.1) is 79.3 Å². The molecule has 11 aliphatic carbocycles. The molecule has 8 heteroatoms. The number of fused-ring (bicyclic) bond motifs is 6. The molecule has 17 atom stereocenters. The largest absolute Gasteiger partial charge is 0.396 e. The summed E-state index contributed by atoms with van der Waals surface area (Å²) in [6, 6.07) is 3.78. The van der Waals surface area contributed by atoms with E-state index in [0.29, 0.717) is 43.2 Å². The minimum Gasteiger partial charge on any atom is -0.396 e. The average Bonchev–Trinajstić information content (AvgIpc) is 3.40. The first-order chi connectivity index (χ1) is 28.5. The summed E-state index contributed by atoms with van der Waals surface area (Å²) in [5.74, 6) is -1.16. The molecular weight excluding hydrogens is 753 g/mol. The third kappa shape index (κ3) is 4.32. The van der Waals surface area contributed by atoms with Gasteiger partial charge in [0.2, 0.25) is 0 Å². The standard InChI is InChI=1S/C52H66O8/c1-29(56)31-17-32-20-37-30(19-36(32)33(18-31)24-53)9-14-47-15-11-41-50(43(59)25-54)13-6-8-35(21-42(50)58)52(37,41)44(47)40(57)22-38-39-23-45(2,3)26-48-12-5-7-34(48)10-16-49(60,27-46(38,47)4)51(39,48)28-55/h6,8,10,16-20,22,24,29-30,34-35,37,39,41-44,54-56,58-60H,5,7,9,11-15,21,23,25-28H2,1-4H3/t29-,30-,34+,35-,37-,39-,41-,42+,43-,44+,46-,47-,48-,49+,50+,51-,52-/m1/s1. The fraction of sp³-hybridized carbons (Fsp3) is 0.692. The summed E-state index contributed by atoms with van der Waals surface area (Å²) in [4.78, 5) is 29.0. The van der Waals surface area contributed by atoms with Gasteiger partial charge in [0.1, 0.15) is 0 Å². The highest BCUT2D eigenvalue weighted by Crippen LogP contribution is 2.85. The number of hydrogen-bond acceptors (Lipinski definition) is 8. The molecule has 6 fully saturated rings. The lowest BCUT2D eigenvalue weighted by Crippen LogP contribution is -2.77. The number of aliphatic hydroxyl groups excluding tert-OH is 5. The van der Waals surface area contributed by atoms with Gasteiger partial charge in [-0.25, -0.2) is 0 Å². The molecule has 0 heterocycles. The zero-order valence-electron chi connectivity index (χ0n) is 35.9. The van der Waals surface area contributed by atoms with E-state index in [1.807, 2.05) is 12.1 Å². The van der Waals surface area contributed by atoms with Gasteiger partial charge >= 0.3 is 0 Å². The highest BCUT2D eigenvalue weighted by atomic mass is 16.3. The monoisotopic (exact) mass is 818 g/mol. The Morgan fingerprint density at radius 2 is 1.73 bits per heavy atom. The summed E-state index contributed by atoms with van der Waals surface area (Å²) in [6.45, 7) is 8.16. The van der Waals surface area contributed by atoms with Crippen LogP contribution in [0.2, 0.25) is 0 Å². The predicted molar refractivity (Wildman–Crippen MR) is 227 cm³/mol. The summed E-state index contributed by atoms with van der Waals surface area (Å²) in [6.07, 6.45) is 22.1. The van der Waals surface area contributed by atoms with Crippen molar-refractivity contribution in [1.82, 2.24) is 0 Å². The maximum Gasteiger partial charge on any atom is 0.159 e. The topological polar surface area (TPSA) is 156 Å². The molecule has 0 aromatic heterocycles. The van der Waals surface area contributed by atoms with Crippen molar-refractivity contribution in [2.45, 2.75) is 129 Å². The first kappa shape index (κ1) is 40.1. The van der Waals surface area contributed by atoms with Gasteiger partial charge in [0, 0.05) is 22.3 Å². The molecule has 0 radical (unpaired) electrons. The Balaban J connectivity index is 1.21. The van der Waals surface area contributed by atoms with Crippen LogP contribution in [0.25, 0.3) is 12.2 Å². The predicted octanol–water partition coefficient (Wildman–Crippen LogP) is 5.25. The molecule has 1 aromatic rings. The van der Waals surface area contributed by atoms with Crippen molar-refractivity contribution in [2.24, 2.45) is 79.3 Å². The Kier molecular flexibility index (Phi) is 8.35. The first-order valence-electron chi connectivity index (χ1n) is 23.4. The van der Waals surface area contributed by atoms with E-state index in [2.05, 4.69) is 57.2 Å². The van der Waals surface area contributed by atoms with Gasteiger partial charge in [-0.2, -0.15) is 0 Å². The lowest BCUT2D eigenvalue weighted by atomic mass is 9.26. The van der Waals surface area contributed by atoms with Gasteiger partial charge in [0.15, 0.2) is 12.1 Å². The summed E-state index contributed by atoms with van der Waals surface area (Å²) in [5.41, 5.74) is -3.25. The molecule has 0 aliphatic heterocycles. The van der Waals surface area contributed by atoms with Gasteiger partial charge in [-0.1, -0.05) is 69.2 Å². The summed E-state index contributed by atoms with van der Waals surface area (Å²) >= 11 is 0. The number of hydrogen-bond donors (Lipinski definition) is 6. The zero-order chi connectivity index (χ0) is 42.2. The Morgan fingerprint density at radius 3 is 2.47 bits per heavy atom. The number of benzene rings is 1. The Morgan fingerprint density at radius 1 is 0.950 bits per heavy atom. The van der Waals surface area contributed by atoms with E-state index in [0.717, 1.165) is 67.2 Å². The third-order valence-electron chi connectivity index (χ3n) is 21.0. The Hall–Kier alpha value is -2.72. The number of aliphatic hydroxyl groups is 6.